The van der Waals surface area contributed by atoms with Crippen molar-refractivity contribution in [2.24, 2.45) is 0 Å². The van der Waals surface area contributed by atoms with E-state index in [4.69, 9.17) is 4.74 Å². The summed E-state index contributed by atoms with van der Waals surface area (Å²) in [7, 11) is 5.70. The fourth-order valence-corrected chi connectivity index (χ4v) is 4.72. The maximum Gasteiger partial charge on any atom is 0.348 e. The standard InChI is InChI=1S/C23H32N4O3S/c1-26(2)12-7-13-27-20-11-5-4-10-19(20)22(25-23(27)29)31-16-21(28)24-15-17-8-6-9-18(14-17)30-3/h6,8-9,14H,4-5,7,10-13,15-16H2,1-3H3,(H,24,28). The van der Waals surface area contributed by atoms with Crippen LogP contribution in [0.25, 0.3) is 0 Å². The number of carbonyl (C=O) groups is 1. The van der Waals surface area contributed by atoms with Gasteiger partial charge in [0.1, 0.15) is 10.8 Å². The van der Waals surface area contributed by atoms with Crippen LogP contribution < -0.4 is 15.7 Å². The Kier molecular flexibility index (Phi) is 8.54. The summed E-state index contributed by atoms with van der Waals surface area (Å²) in [5.74, 6) is 0.936. The monoisotopic (exact) mass is 444 g/mol. The number of hydrogen-bond acceptors (Lipinski definition) is 6. The highest BCUT2D eigenvalue weighted by Gasteiger charge is 2.21. The Bertz CT molecular complexity index is 958. The molecule has 8 heteroatoms. The molecule has 1 N–H and O–H groups in total. The summed E-state index contributed by atoms with van der Waals surface area (Å²) in [5, 5.41) is 3.66. The highest BCUT2D eigenvalue weighted by Crippen LogP contribution is 2.28. The second-order valence-electron chi connectivity index (χ2n) is 8.06. The molecule has 0 bridgehead atoms. The van der Waals surface area contributed by atoms with Crippen LogP contribution in [0.2, 0.25) is 0 Å². The van der Waals surface area contributed by atoms with Gasteiger partial charge < -0.3 is 15.0 Å². The molecule has 31 heavy (non-hydrogen) atoms. The summed E-state index contributed by atoms with van der Waals surface area (Å²) < 4.78 is 7.07. The van der Waals surface area contributed by atoms with E-state index in [0.29, 0.717) is 13.1 Å². The van der Waals surface area contributed by atoms with Gasteiger partial charge in [0.25, 0.3) is 0 Å². The molecule has 1 aromatic carbocycles. The normalized spacial score (nSPS) is 13.2. The third kappa shape index (κ3) is 6.58. The van der Waals surface area contributed by atoms with E-state index in [1.165, 1.54) is 11.8 Å². The minimum Gasteiger partial charge on any atom is -0.497 e. The van der Waals surface area contributed by atoms with Crippen molar-refractivity contribution < 1.29 is 9.53 Å². The zero-order chi connectivity index (χ0) is 22.2. The number of rotatable bonds is 10. The minimum atomic E-state index is -0.196. The lowest BCUT2D eigenvalue weighted by Crippen LogP contribution is -2.31. The topological polar surface area (TPSA) is 76.5 Å². The van der Waals surface area contributed by atoms with E-state index >= 15 is 0 Å². The predicted molar refractivity (Wildman–Crippen MR) is 124 cm³/mol. The number of benzene rings is 1. The van der Waals surface area contributed by atoms with Gasteiger partial charge >= 0.3 is 5.69 Å². The largest absolute Gasteiger partial charge is 0.497 e. The Hall–Kier alpha value is -2.32. The van der Waals surface area contributed by atoms with E-state index in [9.17, 15) is 9.59 Å². The molecule has 1 aromatic heterocycles. The number of methoxy groups -OCH3 is 1. The fourth-order valence-electron chi connectivity index (χ4n) is 3.81. The fraction of sp³-hybridized carbons (Fsp3) is 0.522. The molecule has 0 saturated heterocycles. The first kappa shape index (κ1) is 23.3. The second-order valence-corrected chi connectivity index (χ2v) is 9.02. The molecule has 1 aliphatic rings. The molecule has 1 aliphatic carbocycles. The SMILES string of the molecule is COc1cccc(CNC(=O)CSc2nc(=O)n(CCCN(C)C)c3c2CCCC3)c1. The number of fused-ring (bicyclic) bond motifs is 1. The molecule has 0 spiro atoms. The van der Waals surface area contributed by atoms with Crippen LogP contribution in [0.15, 0.2) is 34.1 Å². The van der Waals surface area contributed by atoms with Gasteiger partial charge in [-0.2, -0.15) is 4.98 Å². The van der Waals surface area contributed by atoms with Crippen LogP contribution in [0.3, 0.4) is 0 Å². The Balaban J connectivity index is 1.63. The Morgan fingerprint density at radius 2 is 2.10 bits per heavy atom. The first-order valence-electron chi connectivity index (χ1n) is 10.8. The Labute approximate surface area is 188 Å². The second kappa shape index (κ2) is 11.3. The summed E-state index contributed by atoms with van der Waals surface area (Å²) >= 11 is 1.37. The average Bonchev–Trinajstić information content (AvgIpc) is 2.77. The van der Waals surface area contributed by atoms with Crippen LogP contribution in [0, 0.1) is 0 Å². The number of ether oxygens (including phenoxy) is 1. The lowest BCUT2D eigenvalue weighted by molar-refractivity contribution is -0.118. The summed E-state index contributed by atoms with van der Waals surface area (Å²) in [6, 6.07) is 7.63. The van der Waals surface area contributed by atoms with Crippen LogP contribution in [0.4, 0.5) is 0 Å². The smallest absolute Gasteiger partial charge is 0.348 e. The molecule has 3 rings (SSSR count). The van der Waals surface area contributed by atoms with Crippen LogP contribution in [-0.4, -0.2) is 53.9 Å². The number of nitrogens with one attached hydrogen (secondary N) is 1. The third-order valence-corrected chi connectivity index (χ3v) is 6.42. The number of amides is 1. The van der Waals surface area contributed by atoms with E-state index in [2.05, 4.69) is 15.2 Å². The molecular weight excluding hydrogens is 412 g/mol. The zero-order valence-corrected chi connectivity index (χ0v) is 19.5. The maximum absolute atomic E-state index is 12.7. The van der Waals surface area contributed by atoms with Crippen molar-refractivity contribution in [3.8, 4) is 5.75 Å². The van der Waals surface area contributed by atoms with Gasteiger partial charge in [-0.05, 0) is 70.4 Å². The lowest BCUT2D eigenvalue weighted by Gasteiger charge is -2.23. The van der Waals surface area contributed by atoms with E-state index in [1.54, 1.807) is 7.11 Å². The number of aromatic nitrogens is 2. The first-order valence-corrected chi connectivity index (χ1v) is 11.8. The highest BCUT2D eigenvalue weighted by molar-refractivity contribution is 7.99. The molecule has 0 unspecified atom stereocenters. The molecule has 1 amide bonds. The molecule has 2 aromatic rings. The van der Waals surface area contributed by atoms with Crippen molar-refractivity contribution in [3.63, 3.8) is 0 Å². The Morgan fingerprint density at radius 1 is 1.29 bits per heavy atom. The van der Waals surface area contributed by atoms with Crippen LogP contribution >= 0.6 is 11.8 Å². The van der Waals surface area contributed by atoms with Crippen LogP contribution in [0.5, 0.6) is 5.75 Å². The molecule has 0 atom stereocenters. The van der Waals surface area contributed by atoms with Crippen molar-refractivity contribution in [2.75, 3.05) is 33.5 Å². The minimum absolute atomic E-state index is 0.0747. The van der Waals surface area contributed by atoms with E-state index in [1.807, 2.05) is 42.9 Å². The van der Waals surface area contributed by atoms with Gasteiger partial charge in [-0.1, -0.05) is 23.9 Å². The molecule has 0 radical (unpaired) electrons. The van der Waals surface area contributed by atoms with Gasteiger partial charge in [0.2, 0.25) is 5.91 Å². The van der Waals surface area contributed by atoms with Crippen molar-refractivity contribution in [1.29, 1.82) is 0 Å². The molecule has 0 fully saturated rings. The quantitative estimate of drug-likeness (QED) is 0.448. The molecule has 1 heterocycles. The van der Waals surface area contributed by atoms with Crippen LogP contribution in [-0.2, 0) is 30.7 Å². The lowest BCUT2D eigenvalue weighted by atomic mass is 9.97. The number of nitrogens with zero attached hydrogens (tertiary/aromatic N) is 3. The van der Waals surface area contributed by atoms with E-state index in [-0.39, 0.29) is 17.3 Å². The molecule has 0 saturated carbocycles. The van der Waals surface area contributed by atoms with Gasteiger partial charge in [0, 0.05) is 24.3 Å². The molecular formula is C23H32N4O3S. The summed E-state index contributed by atoms with van der Waals surface area (Å²) in [6.07, 6.45) is 4.93. The van der Waals surface area contributed by atoms with Crippen LogP contribution in [0.1, 0.15) is 36.1 Å². The molecule has 0 aliphatic heterocycles. The van der Waals surface area contributed by atoms with Gasteiger partial charge in [0.15, 0.2) is 0 Å². The summed E-state index contributed by atoms with van der Waals surface area (Å²) in [6.45, 7) is 2.07. The molecule has 7 nitrogen and oxygen atoms in total. The number of thioether (sulfide) groups is 1. The zero-order valence-electron chi connectivity index (χ0n) is 18.6. The predicted octanol–water partition coefficient (Wildman–Crippen LogP) is 2.49. The summed E-state index contributed by atoms with van der Waals surface area (Å²) in [4.78, 5) is 31.6. The Morgan fingerprint density at radius 3 is 2.87 bits per heavy atom. The van der Waals surface area contributed by atoms with Crippen molar-refractivity contribution in [1.82, 2.24) is 19.8 Å². The summed E-state index contributed by atoms with van der Waals surface area (Å²) in [5.41, 5.74) is 3.05. The average molecular weight is 445 g/mol. The molecule has 168 valence electrons. The highest BCUT2D eigenvalue weighted by atomic mass is 32.2. The maximum atomic E-state index is 12.7. The van der Waals surface area contributed by atoms with Gasteiger partial charge in [-0.25, -0.2) is 4.79 Å². The van der Waals surface area contributed by atoms with Gasteiger partial charge in [-0.3, -0.25) is 9.36 Å². The van der Waals surface area contributed by atoms with Gasteiger partial charge in [0.05, 0.1) is 12.9 Å². The van der Waals surface area contributed by atoms with Crippen molar-refractivity contribution >= 4 is 17.7 Å². The first-order chi connectivity index (χ1) is 15.0. The van der Waals surface area contributed by atoms with E-state index in [0.717, 1.165) is 66.2 Å². The van der Waals surface area contributed by atoms with Crippen molar-refractivity contribution in [3.05, 3.63) is 51.6 Å². The number of carbonyl (C=O) groups excluding carboxylic acids is 1. The van der Waals surface area contributed by atoms with Crippen molar-refractivity contribution in [2.45, 2.75) is 50.2 Å². The van der Waals surface area contributed by atoms with E-state index < -0.39 is 0 Å². The van der Waals surface area contributed by atoms with Gasteiger partial charge in [-0.15, -0.1) is 0 Å². The third-order valence-electron chi connectivity index (χ3n) is 5.40. The number of hydrogen-bond donors (Lipinski definition) is 1.